The molecule has 0 unspecified atom stereocenters. The summed E-state index contributed by atoms with van der Waals surface area (Å²) < 4.78 is 47.3. The number of alkyl halides is 3. The summed E-state index contributed by atoms with van der Waals surface area (Å²) in [6.07, 6.45) is -4.34. The number of H-pyrrole nitrogens is 1. The summed E-state index contributed by atoms with van der Waals surface area (Å²) in [5.74, 6) is 1.28. The molecule has 3 aromatic carbocycles. The van der Waals surface area contributed by atoms with Gasteiger partial charge in [-0.3, -0.25) is 4.90 Å². The molecule has 4 rings (SSSR count). The van der Waals surface area contributed by atoms with E-state index in [-0.39, 0.29) is 12.0 Å². The molecule has 4 nitrogen and oxygen atoms in total. The molecule has 1 N–H and O–H groups in total. The highest BCUT2D eigenvalue weighted by molar-refractivity contribution is 5.84. The fourth-order valence-electron chi connectivity index (χ4n) is 4.84. The van der Waals surface area contributed by atoms with Crippen molar-refractivity contribution in [3.8, 4) is 17.1 Å². The van der Waals surface area contributed by atoms with Crippen molar-refractivity contribution in [2.24, 2.45) is 0 Å². The van der Waals surface area contributed by atoms with E-state index in [0.717, 1.165) is 29.3 Å². The maximum atomic E-state index is 13.7. The van der Waals surface area contributed by atoms with Crippen LogP contribution in [0.15, 0.2) is 60.7 Å². The van der Waals surface area contributed by atoms with E-state index in [1.54, 1.807) is 6.07 Å². The lowest BCUT2D eigenvalue weighted by Crippen LogP contribution is -2.39. The van der Waals surface area contributed by atoms with Gasteiger partial charge in [0.25, 0.3) is 0 Å². The van der Waals surface area contributed by atoms with E-state index in [1.807, 2.05) is 43.3 Å². The summed E-state index contributed by atoms with van der Waals surface area (Å²) in [6, 6.07) is 18.1. The summed E-state index contributed by atoms with van der Waals surface area (Å²) in [4.78, 5) is 10.5. The van der Waals surface area contributed by atoms with Crippen molar-refractivity contribution in [1.29, 1.82) is 0 Å². The van der Waals surface area contributed by atoms with Gasteiger partial charge in [-0.05, 0) is 63.9 Å². The lowest BCUT2D eigenvalue weighted by atomic mass is 9.98. The Hall–Kier alpha value is -3.32. The van der Waals surface area contributed by atoms with E-state index in [2.05, 4.69) is 37.6 Å². The molecule has 196 valence electrons. The molecule has 0 spiro atoms. The first-order valence-corrected chi connectivity index (χ1v) is 12.7. The first kappa shape index (κ1) is 26.7. The Kier molecular flexibility index (Phi) is 7.93. The largest absolute Gasteiger partial charge is 0.492 e. The van der Waals surface area contributed by atoms with E-state index in [0.29, 0.717) is 41.3 Å². The smallest absolute Gasteiger partial charge is 0.416 e. The van der Waals surface area contributed by atoms with Crippen molar-refractivity contribution in [2.45, 2.75) is 59.3 Å². The number of nitrogens with one attached hydrogen (secondary N) is 1. The van der Waals surface area contributed by atoms with Crippen LogP contribution in [0.1, 0.15) is 49.9 Å². The van der Waals surface area contributed by atoms with E-state index in [4.69, 9.17) is 9.72 Å². The Morgan fingerprint density at radius 1 is 0.919 bits per heavy atom. The lowest BCUT2D eigenvalue weighted by molar-refractivity contribution is -0.138. The molecule has 0 saturated heterocycles. The maximum Gasteiger partial charge on any atom is 0.416 e. The first-order valence-electron chi connectivity index (χ1n) is 12.7. The lowest BCUT2D eigenvalue weighted by Gasteiger charge is -2.30. The Morgan fingerprint density at radius 3 is 2.32 bits per heavy atom. The zero-order valence-electron chi connectivity index (χ0n) is 22.0. The molecule has 7 heteroatoms. The molecule has 1 aromatic heterocycles. The number of aromatic amines is 1. The van der Waals surface area contributed by atoms with Gasteiger partial charge in [-0.2, -0.15) is 13.2 Å². The summed E-state index contributed by atoms with van der Waals surface area (Å²) >= 11 is 0. The van der Waals surface area contributed by atoms with Crippen LogP contribution >= 0.6 is 0 Å². The van der Waals surface area contributed by atoms with Gasteiger partial charge in [-0.1, -0.05) is 42.0 Å². The zero-order valence-corrected chi connectivity index (χ0v) is 22.0. The Balaban J connectivity index is 1.73. The second-order valence-corrected chi connectivity index (χ2v) is 10.0. The minimum atomic E-state index is -4.43. The van der Waals surface area contributed by atoms with Crippen LogP contribution in [0.5, 0.6) is 5.75 Å². The minimum absolute atomic E-state index is 0.0889. The molecule has 0 amide bonds. The van der Waals surface area contributed by atoms with Gasteiger partial charge in [0.05, 0.1) is 16.6 Å². The normalized spacial score (nSPS) is 12.3. The van der Waals surface area contributed by atoms with Gasteiger partial charge in [0.1, 0.15) is 18.2 Å². The molecule has 37 heavy (non-hydrogen) atoms. The average molecular weight is 510 g/mol. The predicted octanol–water partition coefficient (Wildman–Crippen LogP) is 7.65. The molecular weight excluding hydrogens is 475 g/mol. The van der Waals surface area contributed by atoms with Crippen molar-refractivity contribution < 1.29 is 17.9 Å². The zero-order chi connectivity index (χ0) is 26.7. The standard InChI is InChI=1S/C30H34F3N3O/c1-19(2)36(20(3)4)13-14-37-25-17-24(16-22-10-6-7-12-26(22)30(31,32)33)28-27(18-25)34-29(35-28)23-11-8-9-21(5)15-23/h6-12,15,17-20H,13-14,16H2,1-5H3,(H,34,35). The summed E-state index contributed by atoms with van der Waals surface area (Å²) in [5, 5.41) is 0. The van der Waals surface area contributed by atoms with Crippen LogP contribution in [0.3, 0.4) is 0 Å². The number of hydrogen-bond acceptors (Lipinski definition) is 3. The second kappa shape index (κ2) is 11.0. The molecule has 4 aromatic rings. The van der Waals surface area contributed by atoms with Gasteiger partial charge in [-0.25, -0.2) is 4.98 Å². The van der Waals surface area contributed by atoms with Gasteiger partial charge in [0.15, 0.2) is 0 Å². The van der Waals surface area contributed by atoms with Gasteiger partial charge in [0.2, 0.25) is 0 Å². The van der Waals surface area contributed by atoms with Crippen LogP contribution in [-0.4, -0.2) is 40.1 Å². The second-order valence-electron chi connectivity index (χ2n) is 10.0. The Labute approximate surface area is 216 Å². The van der Waals surface area contributed by atoms with Gasteiger partial charge >= 0.3 is 6.18 Å². The van der Waals surface area contributed by atoms with Crippen LogP contribution in [0, 0.1) is 6.92 Å². The number of ether oxygens (including phenoxy) is 1. The van der Waals surface area contributed by atoms with Crippen molar-refractivity contribution >= 4 is 11.0 Å². The number of hydrogen-bond donors (Lipinski definition) is 1. The number of nitrogens with zero attached hydrogens (tertiary/aromatic N) is 2. The number of imidazole rings is 1. The predicted molar refractivity (Wildman–Crippen MR) is 143 cm³/mol. The van der Waals surface area contributed by atoms with Gasteiger partial charge in [-0.15, -0.1) is 0 Å². The Morgan fingerprint density at radius 2 is 1.65 bits per heavy atom. The monoisotopic (exact) mass is 509 g/mol. The number of halogens is 3. The van der Waals surface area contributed by atoms with Crippen molar-refractivity contribution in [3.05, 3.63) is 82.9 Å². The summed E-state index contributed by atoms with van der Waals surface area (Å²) in [7, 11) is 0. The summed E-state index contributed by atoms with van der Waals surface area (Å²) in [6.45, 7) is 11.8. The number of aryl methyl sites for hydroxylation is 1. The summed E-state index contributed by atoms with van der Waals surface area (Å²) in [5.41, 5.74) is 3.66. The molecule has 0 aliphatic heterocycles. The SMILES string of the molecule is Cc1cccc(-c2nc3c(Cc4ccccc4C(F)(F)F)cc(OCCN(C(C)C)C(C)C)cc3[nH]2)c1. The third kappa shape index (κ3) is 6.34. The van der Waals surface area contributed by atoms with E-state index >= 15 is 0 Å². The molecular formula is C30H34F3N3O. The molecule has 0 saturated carbocycles. The quantitative estimate of drug-likeness (QED) is 0.252. The van der Waals surface area contributed by atoms with Crippen LogP contribution < -0.4 is 4.74 Å². The molecule has 1 heterocycles. The van der Waals surface area contributed by atoms with E-state index in [9.17, 15) is 13.2 Å². The van der Waals surface area contributed by atoms with E-state index < -0.39 is 11.7 Å². The third-order valence-electron chi connectivity index (χ3n) is 6.58. The number of fused-ring (bicyclic) bond motifs is 1. The van der Waals surface area contributed by atoms with Gasteiger partial charge < -0.3 is 9.72 Å². The Bertz CT molecular complexity index is 1350. The topological polar surface area (TPSA) is 41.1 Å². The highest BCUT2D eigenvalue weighted by Crippen LogP contribution is 2.35. The van der Waals surface area contributed by atoms with Crippen LogP contribution in [-0.2, 0) is 12.6 Å². The highest BCUT2D eigenvalue weighted by Gasteiger charge is 2.33. The third-order valence-corrected chi connectivity index (χ3v) is 6.58. The average Bonchev–Trinajstić information content (AvgIpc) is 3.26. The number of aromatic nitrogens is 2. The molecule has 0 aliphatic rings. The minimum Gasteiger partial charge on any atom is -0.492 e. The number of benzene rings is 3. The highest BCUT2D eigenvalue weighted by atomic mass is 19.4. The van der Waals surface area contributed by atoms with Crippen LogP contribution in [0.4, 0.5) is 13.2 Å². The van der Waals surface area contributed by atoms with E-state index in [1.165, 1.54) is 12.1 Å². The maximum absolute atomic E-state index is 13.7. The molecule has 0 aliphatic carbocycles. The van der Waals surface area contributed by atoms with Gasteiger partial charge in [0, 0.05) is 36.7 Å². The fraction of sp³-hybridized carbons (Fsp3) is 0.367. The molecule has 0 fully saturated rings. The first-order chi connectivity index (χ1) is 17.5. The molecule has 0 atom stereocenters. The fourth-order valence-corrected chi connectivity index (χ4v) is 4.84. The van der Waals surface area contributed by atoms with Crippen molar-refractivity contribution in [1.82, 2.24) is 14.9 Å². The van der Waals surface area contributed by atoms with Crippen molar-refractivity contribution in [3.63, 3.8) is 0 Å². The van der Waals surface area contributed by atoms with Crippen LogP contribution in [0.2, 0.25) is 0 Å². The van der Waals surface area contributed by atoms with Crippen molar-refractivity contribution in [2.75, 3.05) is 13.2 Å². The number of rotatable bonds is 9. The molecule has 0 bridgehead atoms. The van der Waals surface area contributed by atoms with Crippen LogP contribution in [0.25, 0.3) is 22.4 Å². The molecule has 0 radical (unpaired) electrons.